The Kier molecular flexibility index (Phi) is 11.7. The fraction of sp³-hybridized carbons (Fsp3) is 0. The van der Waals surface area contributed by atoms with Crippen LogP contribution in [0.25, 0.3) is 0 Å². The third kappa shape index (κ3) is 10.6. The van der Waals surface area contributed by atoms with Crippen LogP contribution < -0.4 is 0 Å². The highest BCUT2D eigenvalue weighted by molar-refractivity contribution is 5.86. The van der Waals surface area contributed by atoms with E-state index in [1.54, 1.807) is 73.2 Å². The van der Waals surface area contributed by atoms with Gasteiger partial charge in [-0.15, -0.1) is 0 Å². The smallest absolute Gasteiger partial charge is 0.124 e. The SMILES string of the molecule is Oc1ccccc1C=Nc1ccc(C#Cc2cc(C#Cc3ccc(N=Cc4ccccc4O)cc3)cc(C#Cc3ccc(N=Cc4ccccc4O)cc3)c2)cc1. The normalized spacial score (nSPS) is 10.7. The first kappa shape index (κ1) is 37.0. The van der Waals surface area contributed by atoms with Gasteiger partial charge in [-0.3, -0.25) is 15.0 Å². The minimum Gasteiger partial charge on any atom is -0.507 e. The summed E-state index contributed by atoms with van der Waals surface area (Å²) in [6.07, 6.45) is 4.89. The number of benzene rings is 7. The fourth-order valence-electron chi connectivity index (χ4n) is 5.39. The van der Waals surface area contributed by atoms with Gasteiger partial charge in [0, 0.05) is 68.7 Å². The van der Waals surface area contributed by atoms with Crippen molar-refractivity contribution in [2.45, 2.75) is 0 Å². The molecule has 0 aliphatic rings. The maximum atomic E-state index is 10.0. The third-order valence-corrected chi connectivity index (χ3v) is 8.46. The molecule has 57 heavy (non-hydrogen) atoms. The van der Waals surface area contributed by atoms with Crippen molar-refractivity contribution >= 4 is 35.7 Å². The van der Waals surface area contributed by atoms with E-state index < -0.39 is 0 Å². The predicted molar refractivity (Wildman–Crippen MR) is 230 cm³/mol. The first-order chi connectivity index (χ1) is 27.9. The fourth-order valence-corrected chi connectivity index (χ4v) is 5.39. The van der Waals surface area contributed by atoms with Gasteiger partial charge in [-0.25, -0.2) is 0 Å². The van der Waals surface area contributed by atoms with Gasteiger partial charge in [0.25, 0.3) is 0 Å². The molecule has 0 aliphatic carbocycles. The Labute approximate surface area is 331 Å². The van der Waals surface area contributed by atoms with Crippen LogP contribution in [0.5, 0.6) is 17.2 Å². The van der Waals surface area contributed by atoms with E-state index in [0.29, 0.717) is 16.7 Å². The number of hydrogen-bond acceptors (Lipinski definition) is 6. The molecule has 7 aromatic carbocycles. The number of nitrogens with zero attached hydrogens (tertiary/aromatic N) is 3. The van der Waals surface area contributed by atoms with Crippen LogP contribution in [0.15, 0.2) is 179 Å². The van der Waals surface area contributed by atoms with E-state index in [1.165, 1.54) is 0 Å². The van der Waals surface area contributed by atoms with Crippen molar-refractivity contribution < 1.29 is 15.3 Å². The van der Waals surface area contributed by atoms with Crippen LogP contribution in [-0.2, 0) is 0 Å². The molecule has 0 saturated heterocycles. The summed E-state index contributed by atoms with van der Waals surface area (Å²) >= 11 is 0. The molecule has 0 aliphatic heterocycles. The van der Waals surface area contributed by atoms with Crippen LogP contribution in [0, 0.1) is 35.5 Å². The first-order valence-corrected chi connectivity index (χ1v) is 17.9. The van der Waals surface area contributed by atoms with E-state index in [-0.39, 0.29) is 17.2 Å². The van der Waals surface area contributed by atoms with Crippen molar-refractivity contribution in [2.75, 3.05) is 0 Å². The van der Waals surface area contributed by atoms with E-state index in [2.05, 4.69) is 50.5 Å². The maximum Gasteiger partial charge on any atom is 0.124 e. The van der Waals surface area contributed by atoms with Crippen LogP contribution in [0.4, 0.5) is 17.1 Å². The Morgan fingerprint density at radius 1 is 0.298 bits per heavy atom. The van der Waals surface area contributed by atoms with Gasteiger partial charge >= 0.3 is 0 Å². The lowest BCUT2D eigenvalue weighted by molar-refractivity contribution is 0.474. The van der Waals surface area contributed by atoms with Gasteiger partial charge in [0.2, 0.25) is 0 Å². The van der Waals surface area contributed by atoms with Gasteiger partial charge in [-0.05, 0) is 127 Å². The summed E-state index contributed by atoms with van der Waals surface area (Å²) in [6, 6.07) is 49.7. The number of hydrogen-bond donors (Lipinski definition) is 3. The monoisotopic (exact) mass is 735 g/mol. The molecule has 0 amide bonds. The average Bonchev–Trinajstić information content (AvgIpc) is 3.24. The summed E-state index contributed by atoms with van der Waals surface area (Å²) in [4.78, 5) is 13.4. The Bertz CT molecular complexity index is 2500. The minimum absolute atomic E-state index is 0.175. The Morgan fingerprint density at radius 2 is 0.544 bits per heavy atom. The van der Waals surface area contributed by atoms with Crippen molar-refractivity contribution in [2.24, 2.45) is 15.0 Å². The summed E-state index contributed by atoms with van der Waals surface area (Å²) in [5.74, 6) is 20.1. The lowest BCUT2D eigenvalue weighted by atomic mass is 10.0. The molecule has 0 bridgehead atoms. The van der Waals surface area contributed by atoms with Gasteiger partial charge in [0.05, 0.1) is 17.1 Å². The zero-order chi connectivity index (χ0) is 39.2. The zero-order valence-corrected chi connectivity index (χ0v) is 30.5. The molecular weight excluding hydrogens is 703 g/mol. The molecule has 0 unspecified atom stereocenters. The van der Waals surface area contributed by atoms with Crippen molar-refractivity contribution in [1.82, 2.24) is 0 Å². The number of para-hydroxylation sites is 3. The van der Waals surface area contributed by atoms with Crippen molar-refractivity contribution in [3.05, 3.63) is 214 Å². The third-order valence-electron chi connectivity index (χ3n) is 8.46. The molecule has 0 atom stereocenters. The van der Waals surface area contributed by atoms with Gasteiger partial charge in [0.1, 0.15) is 17.2 Å². The molecule has 3 N–H and O–H groups in total. The van der Waals surface area contributed by atoms with E-state index in [4.69, 9.17) is 0 Å². The van der Waals surface area contributed by atoms with E-state index >= 15 is 0 Å². The van der Waals surface area contributed by atoms with Crippen LogP contribution in [-0.4, -0.2) is 34.0 Å². The van der Waals surface area contributed by atoms with E-state index in [1.807, 2.05) is 109 Å². The van der Waals surface area contributed by atoms with Crippen LogP contribution in [0.3, 0.4) is 0 Å². The van der Waals surface area contributed by atoms with Crippen molar-refractivity contribution in [3.8, 4) is 52.8 Å². The molecule has 7 rings (SSSR count). The highest BCUT2D eigenvalue weighted by Gasteiger charge is 2.01. The summed E-state index contributed by atoms with van der Waals surface area (Å²) in [7, 11) is 0. The number of aromatic hydroxyl groups is 3. The molecule has 0 fully saturated rings. The van der Waals surface area contributed by atoms with Crippen LogP contribution in [0.1, 0.15) is 50.1 Å². The van der Waals surface area contributed by atoms with Crippen LogP contribution >= 0.6 is 0 Å². The largest absolute Gasteiger partial charge is 0.507 e. The van der Waals surface area contributed by atoms with Crippen molar-refractivity contribution in [1.29, 1.82) is 0 Å². The standard InChI is InChI=1S/C51H33N3O3/c55-49-10-4-1-7-43(49)34-52-46-25-19-37(20-26-46)13-16-40-31-41(17-14-38-21-27-47(28-22-38)53-35-44-8-2-5-11-50(44)56)33-42(32-40)18-15-39-23-29-48(30-24-39)54-36-45-9-3-6-12-51(45)57/h1-12,19-36,55-57H. The highest BCUT2D eigenvalue weighted by Crippen LogP contribution is 2.20. The second-order valence-electron chi connectivity index (χ2n) is 12.6. The first-order valence-electron chi connectivity index (χ1n) is 17.9. The second-order valence-corrected chi connectivity index (χ2v) is 12.6. The summed E-state index contributed by atoms with van der Waals surface area (Å²) in [6.45, 7) is 0. The topological polar surface area (TPSA) is 97.8 Å². The molecule has 0 heterocycles. The second kappa shape index (κ2) is 18.1. The molecule has 0 spiro atoms. The Balaban J connectivity index is 1.12. The summed E-state index contributed by atoms with van der Waals surface area (Å²) < 4.78 is 0. The zero-order valence-electron chi connectivity index (χ0n) is 30.5. The lowest BCUT2D eigenvalue weighted by Crippen LogP contribution is -1.86. The van der Waals surface area contributed by atoms with Gasteiger partial charge in [0.15, 0.2) is 0 Å². The Hall–Kier alpha value is -8.37. The number of rotatable bonds is 6. The molecule has 0 aromatic heterocycles. The minimum atomic E-state index is 0.175. The molecule has 6 heteroatoms. The van der Waals surface area contributed by atoms with Gasteiger partial charge in [-0.1, -0.05) is 71.9 Å². The quantitative estimate of drug-likeness (QED) is 0.117. The molecule has 0 radical (unpaired) electrons. The highest BCUT2D eigenvalue weighted by atomic mass is 16.3. The summed E-state index contributed by atoms with van der Waals surface area (Å²) in [5.41, 5.74) is 8.87. The molecular formula is C51H33N3O3. The van der Waals surface area contributed by atoms with Gasteiger partial charge in [-0.2, -0.15) is 0 Å². The average molecular weight is 736 g/mol. The van der Waals surface area contributed by atoms with E-state index in [0.717, 1.165) is 50.4 Å². The van der Waals surface area contributed by atoms with E-state index in [9.17, 15) is 15.3 Å². The number of phenols is 3. The lowest BCUT2D eigenvalue weighted by Gasteiger charge is -1.99. The molecule has 6 nitrogen and oxygen atoms in total. The Morgan fingerprint density at radius 3 is 0.807 bits per heavy atom. The van der Waals surface area contributed by atoms with Gasteiger partial charge < -0.3 is 15.3 Å². The molecule has 0 saturated carbocycles. The predicted octanol–water partition coefficient (Wildman–Crippen LogP) is 10.3. The number of phenolic OH excluding ortho intramolecular Hbond substituents is 3. The molecule has 7 aromatic rings. The van der Waals surface area contributed by atoms with Crippen molar-refractivity contribution in [3.63, 3.8) is 0 Å². The maximum absolute atomic E-state index is 10.0. The van der Waals surface area contributed by atoms with Crippen LogP contribution in [0.2, 0.25) is 0 Å². The molecule has 270 valence electrons. The number of aliphatic imine (C=N–C) groups is 3. The summed E-state index contributed by atoms with van der Waals surface area (Å²) in [5, 5.41) is 30.1.